The minimum absolute atomic E-state index is 0.219. The third kappa shape index (κ3) is 2.97. The average Bonchev–Trinajstić information content (AvgIpc) is 2.41. The molecule has 0 spiro atoms. The monoisotopic (exact) mass is 292 g/mol. The number of aromatic nitrogens is 1. The quantitative estimate of drug-likeness (QED) is 0.928. The van der Waals surface area contributed by atoms with E-state index in [4.69, 9.17) is 0 Å². The second-order valence-corrected chi connectivity index (χ2v) is 6.63. The molecule has 2 rings (SSSR count). The summed E-state index contributed by atoms with van der Waals surface area (Å²) in [6.07, 6.45) is 2.62. The molecule has 5 nitrogen and oxygen atoms in total. The van der Waals surface area contributed by atoms with Gasteiger partial charge in [-0.15, -0.1) is 0 Å². The van der Waals surface area contributed by atoms with Gasteiger partial charge in [0.05, 0.1) is 0 Å². The van der Waals surface area contributed by atoms with Crippen LogP contribution in [0.15, 0.2) is 52.4 Å². The smallest absolute Gasteiger partial charge is 0.248 e. The lowest BCUT2D eigenvalue weighted by molar-refractivity contribution is 0.466. The number of pyridine rings is 1. The van der Waals surface area contributed by atoms with Gasteiger partial charge >= 0.3 is 0 Å². The molecule has 0 saturated heterocycles. The van der Waals surface area contributed by atoms with Crippen LogP contribution in [0.25, 0.3) is 0 Å². The van der Waals surface area contributed by atoms with Crippen molar-refractivity contribution in [2.45, 2.75) is 18.4 Å². The average molecular weight is 292 g/mol. The van der Waals surface area contributed by atoms with E-state index in [1.54, 1.807) is 0 Å². The molecule has 0 unspecified atom stereocenters. The van der Waals surface area contributed by atoms with E-state index in [1.165, 1.54) is 29.8 Å². The first-order valence-corrected chi connectivity index (χ1v) is 7.54. The van der Waals surface area contributed by atoms with Crippen LogP contribution in [-0.4, -0.2) is 24.8 Å². The molecule has 0 atom stereocenters. The zero-order chi connectivity index (χ0) is 14.8. The van der Waals surface area contributed by atoms with Crippen LogP contribution >= 0.6 is 0 Å². The molecule has 0 aliphatic carbocycles. The Bertz CT molecular complexity index is 748. The summed E-state index contributed by atoms with van der Waals surface area (Å²) in [5.74, 6) is 0. The minimum Gasteiger partial charge on any atom is -0.366 e. The van der Waals surface area contributed by atoms with Gasteiger partial charge in [0.15, 0.2) is 0 Å². The van der Waals surface area contributed by atoms with E-state index >= 15 is 0 Å². The predicted molar refractivity (Wildman–Crippen MR) is 76.9 cm³/mol. The number of aromatic amines is 1. The first-order valence-electron chi connectivity index (χ1n) is 6.10. The Morgan fingerprint density at radius 2 is 1.80 bits per heavy atom. The van der Waals surface area contributed by atoms with Crippen molar-refractivity contribution in [1.82, 2.24) is 9.29 Å². The number of hydrogen-bond acceptors (Lipinski definition) is 3. The van der Waals surface area contributed by atoms with Crippen molar-refractivity contribution in [2.24, 2.45) is 0 Å². The van der Waals surface area contributed by atoms with Crippen LogP contribution in [0.3, 0.4) is 0 Å². The van der Waals surface area contributed by atoms with Crippen molar-refractivity contribution in [3.8, 4) is 0 Å². The number of H-pyrrole nitrogens is 1. The van der Waals surface area contributed by atoms with Gasteiger partial charge in [0.25, 0.3) is 0 Å². The Balaban J connectivity index is 2.28. The minimum atomic E-state index is -3.79. The molecule has 0 fully saturated rings. The molecule has 1 N–H and O–H groups in total. The van der Waals surface area contributed by atoms with Crippen molar-refractivity contribution >= 4 is 10.0 Å². The van der Waals surface area contributed by atoms with Gasteiger partial charge in [-0.1, -0.05) is 29.8 Å². The highest BCUT2D eigenvalue weighted by Gasteiger charge is 2.23. The van der Waals surface area contributed by atoms with Gasteiger partial charge in [-0.2, -0.15) is 4.31 Å². The van der Waals surface area contributed by atoms with Crippen LogP contribution in [0.2, 0.25) is 0 Å². The van der Waals surface area contributed by atoms with Gasteiger partial charge in [0, 0.05) is 32.1 Å². The van der Waals surface area contributed by atoms with Crippen molar-refractivity contribution in [3.63, 3.8) is 0 Å². The molecule has 0 saturated carbocycles. The van der Waals surface area contributed by atoms with Crippen LogP contribution in [-0.2, 0) is 16.6 Å². The van der Waals surface area contributed by atoms with E-state index in [-0.39, 0.29) is 11.4 Å². The summed E-state index contributed by atoms with van der Waals surface area (Å²) in [5, 5.41) is 0. The number of hydrogen-bond donors (Lipinski definition) is 1. The van der Waals surface area contributed by atoms with Crippen molar-refractivity contribution < 1.29 is 8.42 Å². The summed E-state index contributed by atoms with van der Waals surface area (Å²) in [4.78, 5) is 14.0. The summed E-state index contributed by atoms with van der Waals surface area (Å²) >= 11 is 0. The highest BCUT2D eigenvalue weighted by Crippen LogP contribution is 2.13. The van der Waals surface area contributed by atoms with E-state index in [0.717, 1.165) is 11.1 Å². The SMILES string of the molecule is Cc1ccc(CN(C)S(=O)(=O)c2c[nH]ccc2=O)cc1. The molecule has 1 aromatic carbocycles. The molecule has 2 aromatic rings. The molecular weight excluding hydrogens is 276 g/mol. The van der Waals surface area contributed by atoms with Crippen LogP contribution < -0.4 is 5.43 Å². The Hall–Kier alpha value is -1.92. The lowest BCUT2D eigenvalue weighted by Crippen LogP contribution is -2.30. The Morgan fingerprint density at radius 3 is 2.40 bits per heavy atom. The van der Waals surface area contributed by atoms with Crippen LogP contribution in [0.4, 0.5) is 0 Å². The number of sulfonamides is 1. The van der Waals surface area contributed by atoms with E-state index in [1.807, 2.05) is 31.2 Å². The fraction of sp³-hybridized carbons (Fsp3) is 0.214. The fourth-order valence-electron chi connectivity index (χ4n) is 1.81. The number of nitrogens with zero attached hydrogens (tertiary/aromatic N) is 1. The molecule has 20 heavy (non-hydrogen) atoms. The molecule has 0 amide bonds. The van der Waals surface area contributed by atoms with Gasteiger partial charge in [0.1, 0.15) is 4.90 Å². The van der Waals surface area contributed by atoms with Crippen LogP contribution in [0.1, 0.15) is 11.1 Å². The summed E-state index contributed by atoms with van der Waals surface area (Å²) in [6, 6.07) is 8.79. The molecular formula is C14H16N2O3S. The molecule has 0 aliphatic heterocycles. The van der Waals surface area contributed by atoms with Gasteiger partial charge < -0.3 is 4.98 Å². The molecule has 6 heteroatoms. The lowest BCUT2D eigenvalue weighted by Gasteiger charge is -2.16. The Labute approximate surface area is 117 Å². The highest BCUT2D eigenvalue weighted by atomic mass is 32.2. The Kier molecular flexibility index (Phi) is 4.06. The second-order valence-electron chi connectivity index (χ2n) is 4.62. The van der Waals surface area contributed by atoms with Crippen LogP contribution in [0, 0.1) is 6.92 Å². The van der Waals surface area contributed by atoms with E-state index in [9.17, 15) is 13.2 Å². The summed E-state index contributed by atoms with van der Waals surface area (Å²) in [5.41, 5.74) is 1.47. The molecule has 106 valence electrons. The molecule has 1 heterocycles. The molecule has 0 radical (unpaired) electrons. The van der Waals surface area contributed by atoms with Gasteiger partial charge in [-0.3, -0.25) is 4.79 Å². The van der Waals surface area contributed by atoms with E-state index in [0.29, 0.717) is 0 Å². The maximum absolute atomic E-state index is 12.3. The second kappa shape index (κ2) is 5.60. The lowest BCUT2D eigenvalue weighted by atomic mass is 10.1. The van der Waals surface area contributed by atoms with Crippen molar-refractivity contribution in [1.29, 1.82) is 0 Å². The topological polar surface area (TPSA) is 70.2 Å². The van der Waals surface area contributed by atoms with E-state index < -0.39 is 15.5 Å². The number of nitrogens with one attached hydrogen (secondary N) is 1. The molecule has 0 aliphatic rings. The van der Waals surface area contributed by atoms with Crippen molar-refractivity contribution in [3.05, 3.63) is 64.1 Å². The summed E-state index contributed by atoms with van der Waals surface area (Å²) in [7, 11) is -2.33. The van der Waals surface area contributed by atoms with Crippen LogP contribution in [0.5, 0.6) is 0 Å². The van der Waals surface area contributed by atoms with Gasteiger partial charge in [-0.05, 0) is 12.5 Å². The largest absolute Gasteiger partial charge is 0.366 e. The summed E-state index contributed by atoms with van der Waals surface area (Å²) in [6.45, 7) is 2.19. The highest BCUT2D eigenvalue weighted by molar-refractivity contribution is 7.89. The fourth-order valence-corrected chi connectivity index (χ4v) is 3.00. The maximum Gasteiger partial charge on any atom is 0.248 e. The zero-order valence-electron chi connectivity index (χ0n) is 11.3. The molecule has 1 aromatic heterocycles. The maximum atomic E-state index is 12.3. The zero-order valence-corrected chi connectivity index (χ0v) is 12.1. The van der Waals surface area contributed by atoms with Crippen molar-refractivity contribution in [2.75, 3.05) is 7.05 Å². The third-order valence-corrected chi connectivity index (χ3v) is 4.83. The predicted octanol–water partition coefficient (Wildman–Crippen LogP) is 1.50. The number of aryl methyl sites for hydroxylation is 1. The first-order chi connectivity index (χ1) is 9.41. The molecule has 0 bridgehead atoms. The number of rotatable bonds is 4. The third-order valence-electron chi connectivity index (χ3n) is 3.00. The standard InChI is InChI=1S/C14H16N2O3S/c1-11-3-5-12(6-4-11)10-16(2)20(18,19)14-9-15-8-7-13(14)17/h3-9H,10H2,1-2H3,(H,15,17). The van der Waals surface area contributed by atoms with E-state index in [2.05, 4.69) is 4.98 Å². The van der Waals surface area contributed by atoms with Gasteiger partial charge in [-0.25, -0.2) is 8.42 Å². The normalized spacial score (nSPS) is 11.8. The number of benzene rings is 1. The Morgan fingerprint density at radius 1 is 1.15 bits per heavy atom. The first kappa shape index (κ1) is 14.5. The van der Waals surface area contributed by atoms with Gasteiger partial charge in [0.2, 0.25) is 15.5 Å². The summed E-state index contributed by atoms with van der Waals surface area (Å²) < 4.78 is 25.8.